The molecule has 2 bridgehead atoms. The van der Waals surface area contributed by atoms with Crippen molar-refractivity contribution in [3.8, 4) is 5.75 Å². The van der Waals surface area contributed by atoms with Crippen molar-refractivity contribution in [2.24, 2.45) is 11.8 Å². The molecule has 3 aliphatic heterocycles. The molecule has 0 spiro atoms. The Balaban J connectivity index is 0.000000516. The first kappa shape index (κ1) is 23.8. The first-order valence-electron chi connectivity index (χ1n) is 9.19. The second-order valence-electron chi connectivity index (χ2n) is 7.17. The monoisotopic (exact) mass is 914 g/mol. The van der Waals surface area contributed by atoms with Gasteiger partial charge in [-0.1, -0.05) is 6.08 Å². The zero-order valence-electron chi connectivity index (χ0n) is 15.6. The van der Waals surface area contributed by atoms with E-state index in [0.29, 0.717) is 11.8 Å². The second-order valence-corrected chi connectivity index (χ2v) is 82.7. The minimum atomic E-state index is -0.683. The third-order valence-electron chi connectivity index (χ3n) is 5.82. The average Bonchev–Trinajstić information content (AvgIpc) is 2.72. The van der Waals surface area contributed by atoms with Crippen LogP contribution < -0.4 is 4.74 Å². The van der Waals surface area contributed by atoms with Crippen molar-refractivity contribution in [1.82, 2.24) is 9.88 Å². The van der Waals surface area contributed by atoms with Crippen molar-refractivity contribution in [3.63, 3.8) is 0 Å². The van der Waals surface area contributed by atoms with Crippen LogP contribution in [-0.4, -0.2) is 50.4 Å². The fourth-order valence-electron chi connectivity index (χ4n) is 4.44. The van der Waals surface area contributed by atoms with Crippen LogP contribution in [0.15, 0.2) is 43.1 Å². The van der Waals surface area contributed by atoms with E-state index < -0.39 is 15.3 Å². The molecule has 8 heteroatoms. The number of methoxy groups -OCH3 is 1. The van der Waals surface area contributed by atoms with Crippen LogP contribution in [0.3, 0.4) is 0 Å². The molecule has 3 fully saturated rings. The second kappa shape index (κ2) is 11.2. The van der Waals surface area contributed by atoms with E-state index in [1.54, 1.807) is 13.3 Å². The van der Waals surface area contributed by atoms with Crippen molar-refractivity contribution < 1.29 is 9.84 Å². The van der Waals surface area contributed by atoms with E-state index in [4.69, 9.17) is 4.74 Å². The predicted octanol–water partition coefficient (Wildman–Crippen LogP) is 5.45. The van der Waals surface area contributed by atoms with Gasteiger partial charge < -0.3 is 9.84 Å². The molecule has 0 radical (unpaired) electrons. The third kappa shape index (κ3) is 5.69. The molecule has 0 saturated carbocycles. The first-order chi connectivity index (χ1) is 13.4. The minimum absolute atomic E-state index is 0.178. The molecule has 5 rings (SSSR count). The Morgan fingerprint density at radius 1 is 1.36 bits per heavy atom. The molecule has 0 amide bonds. The Morgan fingerprint density at radius 2 is 2.11 bits per heavy atom. The average molecular weight is 914 g/mol. The molecule has 3 saturated heterocycles. The van der Waals surface area contributed by atoms with Crippen LogP contribution in [0.5, 0.6) is 5.75 Å². The molecule has 1 N–H and O–H groups in total. The molecule has 2 aromatic rings. The van der Waals surface area contributed by atoms with Gasteiger partial charge in [-0.2, -0.15) is 0 Å². The maximum atomic E-state index is 11.2. The number of rotatable bonds is 4. The number of aliphatic hydroxyl groups is 1. The van der Waals surface area contributed by atoms with Gasteiger partial charge in [-0.25, -0.2) is 0 Å². The zero-order chi connectivity index (χ0) is 20.3. The van der Waals surface area contributed by atoms with Crippen LogP contribution >= 0.6 is 54.1 Å². The summed E-state index contributed by atoms with van der Waals surface area (Å²) in [6.45, 7) is 6.07. The van der Waals surface area contributed by atoms with Gasteiger partial charge in [0.15, 0.2) is 0 Å². The molecule has 28 heavy (non-hydrogen) atoms. The summed E-state index contributed by atoms with van der Waals surface area (Å²) in [7, 11) is 0.979. The number of nitrogens with zero attached hydrogens (tertiary/aromatic N) is 2. The normalized spacial score (nSPS) is 27.2. The number of pyridine rings is 1. The van der Waals surface area contributed by atoms with Gasteiger partial charge in [0.05, 0.1) is 18.7 Å². The van der Waals surface area contributed by atoms with E-state index in [1.807, 2.05) is 24.3 Å². The topological polar surface area (TPSA) is 45.6 Å². The molecule has 0 aliphatic carbocycles. The number of hydrogen-bond donors (Lipinski definition) is 1. The number of ether oxygens (including phenoxy) is 1. The van der Waals surface area contributed by atoms with Crippen molar-refractivity contribution in [2.45, 2.75) is 25.0 Å². The van der Waals surface area contributed by atoms with Crippen molar-refractivity contribution in [2.75, 3.05) is 20.2 Å². The maximum absolute atomic E-state index is 11.2. The summed E-state index contributed by atoms with van der Waals surface area (Å²) < 4.78 is 5.35. The first-order valence-corrected chi connectivity index (χ1v) is 38.5. The summed E-state index contributed by atoms with van der Waals surface area (Å²) in [5.74, 6) is 2.01. The Morgan fingerprint density at radius 3 is 2.71 bits per heavy atom. The number of hydrogen-bond acceptors (Lipinski definition) is 4. The number of fused-ring (bicyclic) bond motifs is 4. The van der Waals surface area contributed by atoms with Gasteiger partial charge in [-0.05, 0) is 61.1 Å². The Bertz CT molecular complexity index is 820. The van der Waals surface area contributed by atoms with Crippen molar-refractivity contribution in [1.29, 1.82) is 0 Å². The third-order valence-corrected chi connectivity index (χ3v) is 5.82. The van der Waals surface area contributed by atoms with Gasteiger partial charge in [-0.3, -0.25) is 9.88 Å². The van der Waals surface area contributed by atoms with Crippen LogP contribution in [0.1, 0.15) is 24.5 Å². The van der Waals surface area contributed by atoms with E-state index in [2.05, 4.69) is 76.7 Å². The van der Waals surface area contributed by atoms with Crippen LogP contribution in [0.4, 0.5) is 0 Å². The summed E-state index contributed by atoms with van der Waals surface area (Å²) in [4.78, 5) is 6.86. The fraction of sp³-hybridized carbons (Fsp3) is 0.450. The van der Waals surface area contributed by atoms with Crippen LogP contribution in [0.2, 0.25) is 0 Å². The summed E-state index contributed by atoms with van der Waals surface area (Å²) in [5.41, 5.74) is 1.85. The summed E-state index contributed by atoms with van der Waals surface area (Å²) >= 11 is 7.56. The van der Waals surface area contributed by atoms with E-state index in [0.717, 1.165) is 41.7 Å². The van der Waals surface area contributed by atoms with E-state index in [9.17, 15) is 5.11 Å². The van der Waals surface area contributed by atoms with Gasteiger partial charge in [0, 0.05) is 24.2 Å². The molecule has 3 aliphatic rings. The molecular weight excluding hydrogens is 890 g/mol. The molecular formula is C20H24BiI3N2O2. The number of piperidine rings is 3. The molecule has 4 nitrogen and oxygen atoms in total. The van der Waals surface area contributed by atoms with Crippen LogP contribution in [0.25, 0.3) is 10.9 Å². The van der Waals surface area contributed by atoms with Crippen LogP contribution in [-0.2, 0) is 0 Å². The Hall–Kier alpha value is 1.16. The summed E-state index contributed by atoms with van der Waals surface area (Å²) in [6.07, 6.45) is 5.62. The number of halogens is 3. The van der Waals surface area contributed by atoms with Gasteiger partial charge in [0.2, 0.25) is 0 Å². The SMILES string of the molecule is C=CC1CN2CCC1CC2C(O)c1ccnc2ccc(OC)cc12.[I][Bi]([I])[I]. The molecule has 4 heterocycles. The number of benzene rings is 1. The van der Waals surface area contributed by atoms with Gasteiger partial charge in [-0.15, -0.1) is 6.58 Å². The quantitative estimate of drug-likeness (QED) is 0.252. The molecule has 152 valence electrons. The summed E-state index contributed by atoms with van der Waals surface area (Å²) in [5, 5.41) is 12.1. The summed E-state index contributed by atoms with van der Waals surface area (Å²) in [6, 6.07) is 7.96. The van der Waals surface area contributed by atoms with Crippen molar-refractivity contribution >= 4 is 74.2 Å². The van der Waals surface area contributed by atoms with E-state index in [1.165, 1.54) is 6.42 Å². The Kier molecular flexibility index (Phi) is 9.49. The molecule has 1 aromatic carbocycles. The standard InChI is InChI=1S/C20H24N2O2.Bi.3HI/c1-3-13-12-22-9-7-14(13)10-19(22)20(23)16-6-8-21-18-5-4-15(24-2)11-17(16)18;;;;/h3-6,8,11,13-14,19-20,23H,1,7,9-10,12H2,2H3;;3*1H/q;+3;;;/p-3. The Labute approximate surface area is 202 Å². The van der Waals surface area contributed by atoms with E-state index in [-0.39, 0.29) is 6.04 Å². The number of aliphatic hydroxyl groups excluding tert-OH is 1. The zero-order valence-corrected chi connectivity index (χ0v) is 25.6. The van der Waals surface area contributed by atoms with Gasteiger partial charge in [0.25, 0.3) is 0 Å². The molecule has 5 unspecified atom stereocenters. The number of aromatic nitrogens is 1. The van der Waals surface area contributed by atoms with E-state index >= 15 is 0 Å². The predicted molar refractivity (Wildman–Crippen MR) is 143 cm³/mol. The molecule has 1 aromatic heterocycles. The van der Waals surface area contributed by atoms with Gasteiger partial charge >= 0.3 is 63.3 Å². The van der Waals surface area contributed by atoms with Crippen LogP contribution in [0, 0.1) is 11.8 Å². The fourth-order valence-corrected chi connectivity index (χ4v) is 4.44. The molecule has 5 atom stereocenters. The van der Waals surface area contributed by atoms with Gasteiger partial charge in [0.1, 0.15) is 5.75 Å². The van der Waals surface area contributed by atoms with Crippen molar-refractivity contribution in [3.05, 3.63) is 48.7 Å².